The van der Waals surface area contributed by atoms with Crippen LogP contribution in [0.1, 0.15) is 40.0 Å². The Balaban J connectivity index is 2.46. The van der Waals surface area contributed by atoms with Crippen LogP contribution in [0.4, 0.5) is 0 Å². The van der Waals surface area contributed by atoms with Gasteiger partial charge in [-0.1, -0.05) is 6.92 Å². The molecule has 1 rings (SSSR count). The number of nitriles is 1. The van der Waals surface area contributed by atoms with E-state index in [9.17, 15) is 5.26 Å². The van der Waals surface area contributed by atoms with Crippen molar-refractivity contribution in [2.45, 2.75) is 56.6 Å². The summed E-state index contributed by atoms with van der Waals surface area (Å²) in [7, 11) is 0. The third-order valence-corrected chi connectivity index (χ3v) is 5.09. The SMILES string of the molecule is CCC(C#N)(CCCSc1ncccc1Br)NC(C)C. The molecule has 110 valence electrons. The molecule has 1 unspecified atom stereocenters. The number of aromatic nitrogens is 1. The van der Waals surface area contributed by atoms with E-state index in [2.05, 4.69) is 53.1 Å². The Bertz CT molecular complexity index is 459. The fraction of sp³-hybridized carbons (Fsp3) is 0.600. The molecule has 0 radical (unpaired) electrons. The lowest BCUT2D eigenvalue weighted by atomic mass is 9.91. The molecule has 3 nitrogen and oxygen atoms in total. The number of rotatable bonds is 8. The molecule has 0 spiro atoms. The second-order valence-corrected chi connectivity index (χ2v) is 7.03. The van der Waals surface area contributed by atoms with Crippen LogP contribution in [-0.4, -0.2) is 22.3 Å². The Morgan fingerprint density at radius 3 is 2.85 bits per heavy atom. The summed E-state index contributed by atoms with van der Waals surface area (Å²) in [4.78, 5) is 4.34. The Morgan fingerprint density at radius 1 is 1.55 bits per heavy atom. The molecule has 0 saturated carbocycles. The molecule has 0 saturated heterocycles. The van der Waals surface area contributed by atoms with Crippen LogP contribution in [0.5, 0.6) is 0 Å². The zero-order chi connectivity index (χ0) is 15.0. The summed E-state index contributed by atoms with van der Waals surface area (Å²) in [6, 6.07) is 6.70. The fourth-order valence-corrected chi connectivity index (χ4v) is 3.51. The summed E-state index contributed by atoms with van der Waals surface area (Å²) in [5.74, 6) is 0.971. The maximum atomic E-state index is 9.45. The Hall–Kier alpha value is -0.570. The van der Waals surface area contributed by atoms with Gasteiger partial charge < -0.3 is 0 Å². The Kier molecular flexibility index (Phi) is 7.57. The standard InChI is InChI=1S/C15H22BrN3S/c1-4-15(11-17,19-12(2)3)8-6-10-20-14-13(16)7-5-9-18-14/h5,7,9,12,19H,4,6,8,10H2,1-3H3. The van der Waals surface area contributed by atoms with Crippen LogP contribution in [0, 0.1) is 11.3 Å². The van der Waals surface area contributed by atoms with Crippen molar-refractivity contribution >= 4 is 27.7 Å². The predicted molar refractivity (Wildman–Crippen MR) is 88.8 cm³/mol. The third-order valence-electron chi connectivity index (χ3n) is 3.09. The van der Waals surface area contributed by atoms with E-state index in [0.717, 1.165) is 34.5 Å². The average molecular weight is 356 g/mol. The first-order valence-electron chi connectivity index (χ1n) is 6.95. The number of hydrogen-bond donors (Lipinski definition) is 1. The van der Waals surface area contributed by atoms with E-state index in [4.69, 9.17) is 0 Å². The van der Waals surface area contributed by atoms with Crippen LogP contribution in [-0.2, 0) is 0 Å². The summed E-state index contributed by atoms with van der Waals surface area (Å²) >= 11 is 5.23. The van der Waals surface area contributed by atoms with Gasteiger partial charge in [0.25, 0.3) is 0 Å². The van der Waals surface area contributed by atoms with Crippen LogP contribution in [0.3, 0.4) is 0 Å². The van der Waals surface area contributed by atoms with Crippen molar-refractivity contribution in [3.05, 3.63) is 22.8 Å². The number of halogens is 1. The van der Waals surface area contributed by atoms with Crippen molar-refractivity contribution < 1.29 is 0 Å². The van der Waals surface area contributed by atoms with E-state index in [1.54, 1.807) is 18.0 Å². The molecule has 0 aliphatic heterocycles. The molecule has 5 heteroatoms. The summed E-state index contributed by atoms with van der Waals surface area (Å²) in [5.41, 5.74) is -0.393. The van der Waals surface area contributed by atoms with E-state index in [-0.39, 0.29) is 0 Å². The summed E-state index contributed by atoms with van der Waals surface area (Å²) in [6.45, 7) is 6.24. The maximum Gasteiger partial charge on any atom is 0.110 e. The van der Waals surface area contributed by atoms with Gasteiger partial charge in [0.2, 0.25) is 0 Å². The quantitative estimate of drug-likeness (QED) is 0.554. The molecular formula is C15H22BrN3S. The molecule has 1 N–H and O–H groups in total. The van der Waals surface area contributed by atoms with E-state index >= 15 is 0 Å². The predicted octanol–water partition coefficient (Wildman–Crippen LogP) is 4.39. The van der Waals surface area contributed by atoms with Crippen LogP contribution in [0.2, 0.25) is 0 Å². The Labute approximate surface area is 134 Å². The first kappa shape index (κ1) is 17.5. The zero-order valence-corrected chi connectivity index (χ0v) is 14.7. The van der Waals surface area contributed by atoms with Crippen molar-refractivity contribution in [1.82, 2.24) is 10.3 Å². The van der Waals surface area contributed by atoms with Gasteiger partial charge in [0.05, 0.1) is 6.07 Å². The molecule has 0 fully saturated rings. The highest BCUT2D eigenvalue weighted by molar-refractivity contribution is 9.10. The van der Waals surface area contributed by atoms with Crippen molar-refractivity contribution in [2.24, 2.45) is 0 Å². The molecule has 1 aromatic rings. The number of nitrogens with one attached hydrogen (secondary N) is 1. The summed E-state index contributed by atoms with van der Waals surface area (Å²) < 4.78 is 1.03. The van der Waals surface area contributed by atoms with Crippen LogP contribution in [0.15, 0.2) is 27.8 Å². The molecular weight excluding hydrogens is 334 g/mol. The molecule has 1 aromatic heterocycles. The van der Waals surface area contributed by atoms with Gasteiger partial charge in [0.1, 0.15) is 10.6 Å². The van der Waals surface area contributed by atoms with Crippen molar-refractivity contribution in [3.63, 3.8) is 0 Å². The van der Waals surface area contributed by atoms with Gasteiger partial charge in [-0.25, -0.2) is 4.98 Å². The molecule has 0 amide bonds. The lowest BCUT2D eigenvalue weighted by Gasteiger charge is -2.29. The summed E-state index contributed by atoms with van der Waals surface area (Å²) in [5, 5.41) is 13.9. The smallest absolute Gasteiger partial charge is 0.110 e. The molecule has 0 aliphatic carbocycles. The molecule has 1 heterocycles. The fourth-order valence-electron chi connectivity index (χ4n) is 2.09. The van der Waals surface area contributed by atoms with Gasteiger partial charge in [-0.3, -0.25) is 5.32 Å². The first-order valence-corrected chi connectivity index (χ1v) is 8.73. The van der Waals surface area contributed by atoms with Crippen LogP contribution >= 0.6 is 27.7 Å². The number of thioether (sulfide) groups is 1. The van der Waals surface area contributed by atoms with E-state index < -0.39 is 5.54 Å². The number of nitrogens with zero attached hydrogens (tertiary/aromatic N) is 2. The molecule has 20 heavy (non-hydrogen) atoms. The van der Waals surface area contributed by atoms with Gasteiger partial charge in [-0.05, 0) is 66.9 Å². The summed E-state index contributed by atoms with van der Waals surface area (Å²) in [6.07, 6.45) is 4.50. The maximum absolute atomic E-state index is 9.45. The minimum atomic E-state index is -0.393. The van der Waals surface area contributed by atoms with E-state index in [0.29, 0.717) is 6.04 Å². The second-order valence-electron chi connectivity index (χ2n) is 5.09. The van der Waals surface area contributed by atoms with E-state index in [1.165, 1.54) is 0 Å². The highest BCUT2D eigenvalue weighted by Gasteiger charge is 2.27. The largest absolute Gasteiger partial charge is 0.297 e. The molecule has 1 atom stereocenters. The van der Waals surface area contributed by atoms with E-state index in [1.807, 2.05) is 12.1 Å². The van der Waals surface area contributed by atoms with Crippen molar-refractivity contribution in [1.29, 1.82) is 5.26 Å². The van der Waals surface area contributed by atoms with Crippen molar-refractivity contribution in [2.75, 3.05) is 5.75 Å². The highest BCUT2D eigenvalue weighted by atomic mass is 79.9. The van der Waals surface area contributed by atoms with Gasteiger partial charge in [0, 0.05) is 16.7 Å². The topological polar surface area (TPSA) is 48.7 Å². The minimum absolute atomic E-state index is 0.326. The lowest BCUT2D eigenvalue weighted by Crippen LogP contribution is -2.47. The molecule has 0 aromatic carbocycles. The second kappa shape index (κ2) is 8.66. The lowest BCUT2D eigenvalue weighted by molar-refractivity contribution is 0.341. The van der Waals surface area contributed by atoms with Gasteiger partial charge in [-0.2, -0.15) is 5.26 Å². The first-order chi connectivity index (χ1) is 9.53. The average Bonchev–Trinajstić information content (AvgIpc) is 2.43. The highest BCUT2D eigenvalue weighted by Crippen LogP contribution is 2.27. The number of hydrogen-bond acceptors (Lipinski definition) is 4. The van der Waals surface area contributed by atoms with Gasteiger partial charge in [-0.15, -0.1) is 11.8 Å². The van der Waals surface area contributed by atoms with Gasteiger partial charge in [0.15, 0.2) is 0 Å². The zero-order valence-electron chi connectivity index (χ0n) is 12.3. The van der Waals surface area contributed by atoms with Crippen molar-refractivity contribution in [3.8, 4) is 6.07 Å². The van der Waals surface area contributed by atoms with Gasteiger partial charge >= 0.3 is 0 Å². The van der Waals surface area contributed by atoms with Crippen LogP contribution < -0.4 is 5.32 Å². The van der Waals surface area contributed by atoms with Crippen LogP contribution in [0.25, 0.3) is 0 Å². The number of pyridine rings is 1. The monoisotopic (exact) mass is 355 g/mol. The molecule has 0 bridgehead atoms. The Morgan fingerprint density at radius 2 is 2.30 bits per heavy atom. The third kappa shape index (κ3) is 5.43. The molecule has 0 aliphatic rings. The normalized spacial score (nSPS) is 14.0. The minimum Gasteiger partial charge on any atom is -0.297 e.